The van der Waals surface area contributed by atoms with Crippen LogP contribution in [-0.4, -0.2) is 48.8 Å². The molecule has 0 radical (unpaired) electrons. The van der Waals surface area contributed by atoms with E-state index in [0.717, 1.165) is 21.8 Å². The molecule has 0 N–H and O–H groups in total. The summed E-state index contributed by atoms with van der Waals surface area (Å²) in [6.07, 6.45) is 0. The van der Waals surface area contributed by atoms with Crippen molar-refractivity contribution in [2.24, 2.45) is 0 Å². The van der Waals surface area contributed by atoms with Gasteiger partial charge in [0.1, 0.15) is 10.8 Å². The highest BCUT2D eigenvalue weighted by Crippen LogP contribution is 2.25. The summed E-state index contributed by atoms with van der Waals surface area (Å²) in [6, 6.07) is 13.6. The Hall–Kier alpha value is -2.13. The Bertz CT molecular complexity index is 1120. The van der Waals surface area contributed by atoms with Gasteiger partial charge in [0.05, 0.1) is 10.6 Å². The van der Waals surface area contributed by atoms with Gasteiger partial charge in [-0.15, -0.1) is 11.3 Å². The third kappa shape index (κ3) is 5.03. The van der Waals surface area contributed by atoms with E-state index >= 15 is 0 Å². The lowest BCUT2D eigenvalue weighted by atomic mass is 10.0. The average Bonchev–Trinajstić information content (AvgIpc) is 3.23. The van der Waals surface area contributed by atoms with Crippen LogP contribution in [0.3, 0.4) is 0 Å². The van der Waals surface area contributed by atoms with Gasteiger partial charge in [0.25, 0.3) is 0 Å². The second-order valence-electron chi connectivity index (χ2n) is 8.05. The molecule has 1 aromatic heterocycles. The minimum Gasteiger partial charge on any atom is -0.295 e. The molecule has 5 nitrogen and oxygen atoms in total. The van der Waals surface area contributed by atoms with E-state index in [0.29, 0.717) is 43.5 Å². The Morgan fingerprint density at radius 3 is 2.26 bits per heavy atom. The van der Waals surface area contributed by atoms with E-state index in [1.807, 2.05) is 17.5 Å². The summed E-state index contributed by atoms with van der Waals surface area (Å²) < 4.78 is 40.7. The van der Waals surface area contributed by atoms with E-state index in [2.05, 4.69) is 23.7 Å². The van der Waals surface area contributed by atoms with Crippen molar-refractivity contribution in [2.45, 2.75) is 31.2 Å². The standard InChI is InChI=1S/C23H26FN3O2S2/c1-17(2)18-5-9-22(10-6-18)31(28,29)27-13-11-26(12-14-27)15-21-16-30-23(25-21)19-3-7-20(24)8-4-19/h3-10,16-17H,11-15H2,1-2H3. The number of halogens is 1. The maximum absolute atomic E-state index is 13.1. The van der Waals surface area contributed by atoms with Crippen molar-refractivity contribution in [3.8, 4) is 10.6 Å². The van der Waals surface area contributed by atoms with Crippen LogP contribution in [0.1, 0.15) is 31.0 Å². The van der Waals surface area contributed by atoms with Crippen LogP contribution in [0.2, 0.25) is 0 Å². The fourth-order valence-electron chi connectivity index (χ4n) is 3.64. The summed E-state index contributed by atoms with van der Waals surface area (Å²) in [6.45, 7) is 7.10. The van der Waals surface area contributed by atoms with Gasteiger partial charge in [-0.3, -0.25) is 4.90 Å². The third-order valence-corrected chi connectivity index (χ3v) is 8.40. The second kappa shape index (κ2) is 9.16. The first-order valence-electron chi connectivity index (χ1n) is 10.4. The molecule has 1 fully saturated rings. The van der Waals surface area contributed by atoms with E-state index in [1.165, 1.54) is 23.5 Å². The van der Waals surface area contributed by atoms with Gasteiger partial charge in [0, 0.05) is 43.7 Å². The first kappa shape index (κ1) is 22.1. The summed E-state index contributed by atoms with van der Waals surface area (Å²) in [5.41, 5.74) is 2.98. The highest BCUT2D eigenvalue weighted by molar-refractivity contribution is 7.89. The molecule has 0 amide bonds. The minimum absolute atomic E-state index is 0.260. The molecule has 0 spiro atoms. The molecule has 2 aromatic carbocycles. The molecule has 1 aliphatic rings. The number of aromatic nitrogens is 1. The number of nitrogens with zero attached hydrogens (tertiary/aromatic N) is 3. The molecule has 164 valence electrons. The molecule has 0 saturated carbocycles. The highest BCUT2D eigenvalue weighted by Gasteiger charge is 2.28. The number of sulfonamides is 1. The maximum Gasteiger partial charge on any atom is 0.243 e. The third-order valence-electron chi connectivity index (χ3n) is 5.54. The molecule has 3 aromatic rings. The van der Waals surface area contributed by atoms with Gasteiger partial charge in [0.15, 0.2) is 0 Å². The lowest BCUT2D eigenvalue weighted by molar-refractivity contribution is 0.180. The zero-order chi connectivity index (χ0) is 22.0. The first-order valence-corrected chi connectivity index (χ1v) is 12.7. The van der Waals surface area contributed by atoms with Gasteiger partial charge in [-0.05, 0) is 47.9 Å². The highest BCUT2D eigenvalue weighted by atomic mass is 32.2. The van der Waals surface area contributed by atoms with E-state index in [1.54, 1.807) is 28.6 Å². The molecular formula is C23H26FN3O2S2. The summed E-state index contributed by atoms with van der Waals surface area (Å²) in [5.74, 6) is 0.110. The molecule has 8 heteroatoms. The normalized spacial score (nSPS) is 16.1. The van der Waals surface area contributed by atoms with E-state index in [9.17, 15) is 12.8 Å². The number of hydrogen-bond donors (Lipinski definition) is 0. The summed E-state index contributed by atoms with van der Waals surface area (Å²) in [4.78, 5) is 7.24. The van der Waals surface area contributed by atoms with E-state index in [4.69, 9.17) is 0 Å². The molecule has 4 rings (SSSR count). The van der Waals surface area contributed by atoms with Gasteiger partial charge < -0.3 is 0 Å². The van der Waals surface area contributed by atoms with Crippen LogP contribution in [0, 0.1) is 5.82 Å². The van der Waals surface area contributed by atoms with Gasteiger partial charge in [-0.25, -0.2) is 17.8 Å². The fourth-order valence-corrected chi connectivity index (χ4v) is 5.87. The molecule has 2 heterocycles. The van der Waals surface area contributed by atoms with Crippen molar-refractivity contribution in [3.63, 3.8) is 0 Å². The Kier molecular flexibility index (Phi) is 6.52. The van der Waals surface area contributed by atoms with Crippen molar-refractivity contribution in [1.82, 2.24) is 14.2 Å². The van der Waals surface area contributed by atoms with Crippen LogP contribution in [0.4, 0.5) is 4.39 Å². The Balaban J connectivity index is 1.36. The summed E-state index contributed by atoms with van der Waals surface area (Å²) >= 11 is 1.54. The Morgan fingerprint density at radius 2 is 1.65 bits per heavy atom. The average molecular weight is 460 g/mol. The van der Waals surface area contributed by atoms with Gasteiger partial charge in [-0.2, -0.15) is 4.31 Å². The smallest absolute Gasteiger partial charge is 0.243 e. The van der Waals surface area contributed by atoms with Crippen molar-refractivity contribution in [3.05, 3.63) is 71.0 Å². The SMILES string of the molecule is CC(C)c1ccc(S(=O)(=O)N2CCN(Cc3csc(-c4ccc(F)cc4)n3)CC2)cc1. The summed E-state index contributed by atoms with van der Waals surface area (Å²) in [5, 5.41) is 2.87. The molecule has 0 unspecified atom stereocenters. The Morgan fingerprint density at radius 1 is 1.00 bits per heavy atom. The van der Waals surface area contributed by atoms with Crippen LogP contribution in [0.25, 0.3) is 10.6 Å². The van der Waals surface area contributed by atoms with Crippen LogP contribution < -0.4 is 0 Å². The molecular weight excluding hydrogens is 433 g/mol. The number of thiazole rings is 1. The van der Waals surface area contributed by atoms with Crippen molar-refractivity contribution in [2.75, 3.05) is 26.2 Å². The van der Waals surface area contributed by atoms with Gasteiger partial charge >= 0.3 is 0 Å². The molecule has 1 saturated heterocycles. The number of benzene rings is 2. The topological polar surface area (TPSA) is 53.5 Å². The zero-order valence-corrected chi connectivity index (χ0v) is 19.3. The summed E-state index contributed by atoms with van der Waals surface area (Å²) in [7, 11) is -3.47. The number of rotatable bonds is 6. The molecule has 0 aliphatic carbocycles. The monoisotopic (exact) mass is 459 g/mol. The largest absolute Gasteiger partial charge is 0.295 e. The molecule has 1 aliphatic heterocycles. The van der Waals surface area contributed by atoms with Crippen molar-refractivity contribution in [1.29, 1.82) is 0 Å². The molecule has 31 heavy (non-hydrogen) atoms. The van der Waals surface area contributed by atoms with Crippen LogP contribution in [0.5, 0.6) is 0 Å². The number of piperazine rings is 1. The van der Waals surface area contributed by atoms with Crippen molar-refractivity contribution < 1.29 is 12.8 Å². The number of hydrogen-bond acceptors (Lipinski definition) is 5. The van der Waals surface area contributed by atoms with Crippen molar-refractivity contribution >= 4 is 21.4 Å². The van der Waals surface area contributed by atoms with Crippen LogP contribution >= 0.6 is 11.3 Å². The van der Waals surface area contributed by atoms with Gasteiger partial charge in [0.2, 0.25) is 10.0 Å². The molecule has 0 atom stereocenters. The van der Waals surface area contributed by atoms with E-state index < -0.39 is 10.0 Å². The lowest BCUT2D eigenvalue weighted by Crippen LogP contribution is -2.48. The van der Waals surface area contributed by atoms with Gasteiger partial charge in [-0.1, -0.05) is 26.0 Å². The fraction of sp³-hybridized carbons (Fsp3) is 0.348. The second-order valence-corrected chi connectivity index (χ2v) is 10.9. The maximum atomic E-state index is 13.1. The zero-order valence-electron chi connectivity index (χ0n) is 17.7. The van der Waals surface area contributed by atoms with E-state index in [-0.39, 0.29) is 5.82 Å². The minimum atomic E-state index is -3.47. The predicted octanol–water partition coefficient (Wildman–Crippen LogP) is 4.58. The Labute approximate surface area is 187 Å². The quantitative estimate of drug-likeness (QED) is 0.542. The van der Waals surface area contributed by atoms with Crippen LogP contribution in [-0.2, 0) is 16.6 Å². The first-order chi connectivity index (χ1) is 14.8. The lowest BCUT2D eigenvalue weighted by Gasteiger charge is -2.33. The molecule has 0 bridgehead atoms. The predicted molar refractivity (Wildman–Crippen MR) is 122 cm³/mol. The van der Waals surface area contributed by atoms with Crippen LogP contribution in [0.15, 0.2) is 58.8 Å².